The van der Waals surface area contributed by atoms with E-state index in [4.69, 9.17) is 27.9 Å². The molecule has 3 aliphatic rings. The first-order valence-electron chi connectivity index (χ1n) is 13.4. The largest absolute Gasteiger partial charge is 0.493 e. The summed E-state index contributed by atoms with van der Waals surface area (Å²) in [6.45, 7) is 4.81. The molecule has 0 bridgehead atoms. The van der Waals surface area contributed by atoms with E-state index in [0.717, 1.165) is 49.9 Å². The molecule has 0 spiro atoms. The summed E-state index contributed by atoms with van der Waals surface area (Å²) in [6.07, 6.45) is 4.86. The summed E-state index contributed by atoms with van der Waals surface area (Å²) in [5.74, 6) is -1.16. The standard InChI is InChI=1S/C29H33Cl2FN2O4/c1-17(20-11-21(30)13-22(31)12-20)33-9-6-18(7-10-33)16-38-27-15-25(32)24(14-23(27)19-4-5-19)28(35)34-8-2-3-26(34)29(36)37/h11-15,17-19,26H,2-10,16H2,1H3,(H,36,37)/t17?,26-/m0/s1. The van der Waals surface area contributed by atoms with Crippen LogP contribution in [0.3, 0.4) is 0 Å². The van der Waals surface area contributed by atoms with Crippen LogP contribution in [0.4, 0.5) is 4.39 Å². The molecule has 2 aromatic rings. The molecule has 0 aromatic heterocycles. The molecule has 2 aromatic carbocycles. The van der Waals surface area contributed by atoms with E-state index >= 15 is 4.39 Å². The van der Waals surface area contributed by atoms with E-state index in [-0.39, 0.29) is 17.5 Å². The van der Waals surface area contributed by atoms with Gasteiger partial charge in [0, 0.05) is 28.7 Å². The van der Waals surface area contributed by atoms with Crippen molar-refractivity contribution < 1.29 is 23.8 Å². The number of halogens is 3. The quantitative estimate of drug-likeness (QED) is 0.395. The van der Waals surface area contributed by atoms with Crippen molar-refractivity contribution in [3.63, 3.8) is 0 Å². The Morgan fingerprint density at radius 2 is 1.71 bits per heavy atom. The maximum Gasteiger partial charge on any atom is 0.326 e. The number of carbonyl (C=O) groups excluding carboxylic acids is 1. The summed E-state index contributed by atoms with van der Waals surface area (Å²) in [4.78, 5) is 28.3. The number of ether oxygens (including phenoxy) is 1. The van der Waals surface area contributed by atoms with Crippen LogP contribution in [0.1, 0.15) is 78.9 Å². The Hall–Kier alpha value is -2.35. The van der Waals surface area contributed by atoms with Crippen molar-refractivity contribution in [1.29, 1.82) is 0 Å². The van der Waals surface area contributed by atoms with Crippen LogP contribution in [0.5, 0.6) is 5.75 Å². The normalized spacial score (nSPS) is 21.5. The van der Waals surface area contributed by atoms with Gasteiger partial charge < -0.3 is 14.7 Å². The number of hydrogen-bond donors (Lipinski definition) is 1. The molecule has 2 aliphatic heterocycles. The summed E-state index contributed by atoms with van der Waals surface area (Å²) < 4.78 is 21.3. The minimum Gasteiger partial charge on any atom is -0.493 e. The number of likely N-dealkylation sites (tertiary alicyclic amines) is 2. The third kappa shape index (κ3) is 5.95. The Morgan fingerprint density at radius 1 is 1.03 bits per heavy atom. The van der Waals surface area contributed by atoms with Crippen molar-refractivity contribution >= 4 is 35.1 Å². The van der Waals surface area contributed by atoms with Gasteiger partial charge in [0.05, 0.1) is 12.2 Å². The Morgan fingerprint density at radius 3 is 2.34 bits per heavy atom. The van der Waals surface area contributed by atoms with Gasteiger partial charge in [-0.1, -0.05) is 23.2 Å². The molecule has 2 saturated heterocycles. The van der Waals surface area contributed by atoms with Crippen LogP contribution in [-0.4, -0.2) is 59.1 Å². The van der Waals surface area contributed by atoms with Crippen LogP contribution in [0.2, 0.25) is 10.0 Å². The Labute approximate surface area is 232 Å². The fourth-order valence-corrected chi connectivity index (χ4v) is 6.28. The van der Waals surface area contributed by atoms with Crippen molar-refractivity contribution in [2.24, 2.45) is 5.92 Å². The zero-order chi connectivity index (χ0) is 27.0. The second-order valence-corrected chi connectivity index (χ2v) is 11.7. The van der Waals surface area contributed by atoms with Gasteiger partial charge in [0.15, 0.2) is 0 Å². The first kappa shape index (κ1) is 27.2. The molecule has 3 fully saturated rings. The van der Waals surface area contributed by atoms with Gasteiger partial charge in [-0.3, -0.25) is 9.69 Å². The smallest absolute Gasteiger partial charge is 0.326 e. The van der Waals surface area contributed by atoms with E-state index in [1.54, 1.807) is 12.1 Å². The molecule has 2 atom stereocenters. The highest BCUT2D eigenvalue weighted by atomic mass is 35.5. The van der Waals surface area contributed by atoms with Gasteiger partial charge >= 0.3 is 5.97 Å². The zero-order valence-electron chi connectivity index (χ0n) is 21.5. The van der Waals surface area contributed by atoms with Gasteiger partial charge in [-0.2, -0.15) is 0 Å². The van der Waals surface area contributed by atoms with Crippen molar-refractivity contribution in [3.05, 3.63) is 62.9 Å². The maximum absolute atomic E-state index is 15.2. The number of rotatable bonds is 8. The molecule has 1 aliphatic carbocycles. The summed E-state index contributed by atoms with van der Waals surface area (Å²) in [5, 5.41) is 10.7. The number of hydrogen-bond acceptors (Lipinski definition) is 4. The average molecular weight is 563 g/mol. The van der Waals surface area contributed by atoms with E-state index in [9.17, 15) is 14.7 Å². The van der Waals surface area contributed by atoms with Gasteiger partial charge in [-0.25, -0.2) is 9.18 Å². The SMILES string of the molecule is CC(c1cc(Cl)cc(Cl)c1)N1CCC(COc2cc(F)c(C(=O)N3CCC[C@H]3C(=O)O)cc2C2CC2)CC1. The molecular formula is C29H33Cl2FN2O4. The number of benzene rings is 2. The highest BCUT2D eigenvalue weighted by molar-refractivity contribution is 6.34. The molecule has 1 amide bonds. The molecular weight excluding hydrogens is 530 g/mol. The average Bonchev–Trinajstić information content (AvgIpc) is 3.61. The minimum absolute atomic E-state index is 0.0594. The summed E-state index contributed by atoms with van der Waals surface area (Å²) in [6, 6.07) is 7.89. The number of nitrogens with zero attached hydrogens (tertiary/aromatic N) is 2. The highest BCUT2D eigenvalue weighted by Gasteiger charge is 2.37. The summed E-state index contributed by atoms with van der Waals surface area (Å²) in [5.41, 5.74) is 1.89. The Bertz CT molecular complexity index is 1190. The predicted octanol–water partition coefficient (Wildman–Crippen LogP) is 6.55. The second-order valence-electron chi connectivity index (χ2n) is 10.8. The molecule has 204 valence electrons. The third-order valence-corrected chi connectivity index (χ3v) is 8.62. The molecule has 1 N–H and O–H groups in total. The maximum atomic E-state index is 15.2. The molecule has 0 radical (unpaired) electrons. The van der Waals surface area contributed by atoms with E-state index in [0.29, 0.717) is 47.7 Å². The number of carboxylic acid groups (broad SMARTS) is 1. The molecule has 1 unspecified atom stereocenters. The van der Waals surface area contributed by atoms with Gasteiger partial charge in [0.25, 0.3) is 5.91 Å². The van der Waals surface area contributed by atoms with E-state index < -0.39 is 23.7 Å². The molecule has 9 heteroatoms. The van der Waals surface area contributed by atoms with Crippen LogP contribution in [0.25, 0.3) is 0 Å². The van der Waals surface area contributed by atoms with Gasteiger partial charge in [0.2, 0.25) is 0 Å². The topological polar surface area (TPSA) is 70.1 Å². The number of carboxylic acids is 1. The number of aliphatic carboxylic acids is 1. The van der Waals surface area contributed by atoms with Crippen molar-refractivity contribution in [1.82, 2.24) is 9.80 Å². The monoisotopic (exact) mass is 562 g/mol. The van der Waals surface area contributed by atoms with Crippen LogP contribution in [0.15, 0.2) is 30.3 Å². The number of carbonyl (C=O) groups is 2. The second kappa shape index (κ2) is 11.4. The first-order chi connectivity index (χ1) is 18.2. The molecule has 38 heavy (non-hydrogen) atoms. The minimum atomic E-state index is -1.05. The zero-order valence-corrected chi connectivity index (χ0v) is 23.0. The number of piperidine rings is 1. The van der Waals surface area contributed by atoms with E-state index in [2.05, 4.69) is 11.8 Å². The third-order valence-electron chi connectivity index (χ3n) is 8.18. The lowest BCUT2D eigenvalue weighted by atomic mass is 9.95. The lowest BCUT2D eigenvalue weighted by molar-refractivity contribution is -0.141. The Balaban J connectivity index is 1.22. The van der Waals surface area contributed by atoms with E-state index in [1.165, 1.54) is 11.0 Å². The van der Waals surface area contributed by atoms with Crippen LogP contribution in [0, 0.1) is 11.7 Å². The predicted molar refractivity (Wildman–Crippen MR) is 145 cm³/mol. The lowest BCUT2D eigenvalue weighted by Gasteiger charge is -2.36. The van der Waals surface area contributed by atoms with Crippen LogP contribution < -0.4 is 4.74 Å². The summed E-state index contributed by atoms with van der Waals surface area (Å²) >= 11 is 12.4. The molecule has 1 saturated carbocycles. The van der Waals surface area contributed by atoms with Crippen LogP contribution in [-0.2, 0) is 4.79 Å². The number of amides is 1. The first-order valence-corrected chi connectivity index (χ1v) is 14.2. The molecule has 5 rings (SSSR count). The fourth-order valence-electron chi connectivity index (χ4n) is 5.74. The molecule has 6 nitrogen and oxygen atoms in total. The highest BCUT2D eigenvalue weighted by Crippen LogP contribution is 2.45. The Kier molecular flexibility index (Phi) is 8.17. The molecule has 2 heterocycles. The van der Waals surface area contributed by atoms with Crippen molar-refractivity contribution in [2.75, 3.05) is 26.2 Å². The van der Waals surface area contributed by atoms with Crippen LogP contribution >= 0.6 is 23.2 Å². The van der Waals surface area contributed by atoms with E-state index in [1.807, 2.05) is 12.1 Å². The van der Waals surface area contributed by atoms with Crippen molar-refractivity contribution in [2.45, 2.75) is 63.5 Å². The lowest BCUT2D eigenvalue weighted by Crippen LogP contribution is -2.40. The summed E-state index contributed by atoms with van der Waals surface area (Å²) in [7, 11) is 0. The van der Waals surface area contributed by atoms with Gasteiger partial charge in [-0.05, 0) is 106 Å². The van der Waals surface area contributed by atoms with Crippen molar-refractivity contribution in [3.8, 4) is 5.75 Å². The fraction of sp³-hybridized carbons (Fsp3) is 0.517. The van der Waals surface area contributed by atoms with Gasteiger partial charge in [0.1, 0.15) is 17.6 Å². The van der Waals surface area contributed by atoms with Gasteiger partial charge in [-0.15, -0.1) is 0 Å².